The third-order valence-electron chi connectivity index (χ3n) is 5.04. The van der Waals surface area contributed by atoms with Crippen LogP contribution in [0.2, 0.25) is 0 Å². The number of carbonyl (C=O) groups is 2. The summed E-state index contributed by atoms with van der Waals surface area (Å²) in [5.41, 5.74) is 4.12. The fourth-order valence-electron chi connectivity index (χ4n) is 3.83. The maximum absolute atomic E-state index is 13.0. The molecule has 24 heavy (non-hydrogen) atoms. The minimum absolute atomic E-state index is 0.0994. The molecule has 122 valence electrons. The molecule has 0 aliphatic carbocycles. The number of anilines is 2. The van der Waals surface area contributed by atoms with E-state index in [2.05, 4.69) is 11.0 Å². The summed E-state index contributed by atoms with van der Waals surface area (Å²) in [6.45, 7) is 2.84. The van der Waals surface area contributed by atoms with Crippen molar-refractivity contribution in [2.24, 2.45) is 0 Å². The summed E-state index contributed by atoms with van der Waals surface area (Å²) in [5, 5.41) is 0. The molecule has 1 saturated heterocycles. The molecule has 2 aromatic rings. The first-order valence-electron chi connectivity index (χ1n) is 8.50. The van der Waals surface area contributed by atoms with Crippen LogP contribution in [-0.2, 0) is 22.4 Å². The summed E-state index contributed by atoms with van der Waals surface area (Å²) in [4.78, 5) is 29.2. The zero-order valence-electron chi connectivity index (χ0n) is 13.7. The fraction of sp³-hybridized carbons (Fsp3) is 0.300. The van der Waals surface area contributed by atoms with E-state index < -0.39 is 0 Å². The molecule has 0 unspecified atom stereocenters. The van der Waals surface area contributed by atoms with Crippen LogP contribution < -0.4 is 9.80 Å². The second kappa shape index (κ2) is 5.78. The average Bonchev–Trinajstić information content (AvgIpc) is 3.15. The van der Waals surface area contributed by atoms with Crippen LogP contribution in [0.4, 0.5) is 11.4 Å². The highest BCUT2D eigenvalue weighted by atomic mass is 16.2. The van der Waals surface area contributed by atoms with Gasteiger partial charge in [-0.3, -0.25) is 9.59 Å². The molecule has 0 N–H and O–H groups in total. The molecule has 0 saturated carbocycles. The Hall–Kier alpha value is -2.62. The van der Waals surface area contributed by atoms with Crippen LogP contribution >= 0.6 is 0 Å². The SMILES string of the molecule is CCc1ccccc1N1C(=O)C[C@@H](N2CCc3ccccc32)C1=O. The normalized spacial score (nSPS) is 20.0. The Balaban J connectivity index is 1.68. The van der Waals surface area contributed by atoms with Gasteiger partial charge in [-0.1, -0.05) is 43.3 Å². The van der Waals surface area contributed by atoms with Gasteiger partial charge in [0.2, 0.25) is 5.91 Å². The number of benzene rings is 2. The van der Waals surface area contributed by atoms with E-state index in [9.17, 15) is 9.59 Å². The van der Waals surface area contributed by atoms with Crippen LogP contribution in [0, 0.1) is 0 Å². The first kappa shape index (κ1) is 14.9. The number of imide groups is 1. The van der Waals surface area contributed by atoms with Gasteiger partial charge in [-0.05, 0) is 36.1 Å². The van der Waals surface area contributed by atoms with E-state index in [4.69, 9.17) is 0 Å². The van der Waals surface area contributed by atoms with Crippen molar-refractivity contribution in [2.75, 3.05) is 16.3 Å². The maximum Gasteiger partial charge on any atom is 0.256 e. The predicted molar refractivity (Wildman–Crippen MR) is 94.2 cm³/mol. The lowest BCUT2D eigenvalue weighted by Gasteiger charge is -2.25. The van der Waals surface area contributed by atoms with Gasteiger partial charge in [0, 0.05) is 12.2 Å². The topological polar surface area (TPSA) is 40.6 Å². The number of rotatable bonds is 3. The Morgan fingerprint density at radius 1 is 1.00 bits per heavy atom. The van der Waals surface area contributed by atoms with Crippen molar-refractivity contribution in [2.45, 2.75) is 32.2 Å². The molecule has 4 rings (SSSR count). The van der Waals surface area contributed by atoms with E-state index in [1.165, 1.54) is 10.5 Å². The van der Waals surface area contributed by atoms with Gasteiger partial charge in [-0.2, -0.15) is 0 Å². The number of hydrogen-bond acceptors (Lipinski definition) is 3. The van der Waals surface area contributed by atoms with Gasteiger partial charge in [0.15, 0.2) is 0 Å². The lowest BCUT2D eigenvalue weighted by Crippen LogP contribution is -2.41. The molecule has 4 nitrogen and oxygen atoms in total. The molecule has 1 fully saturated rings. The highest BCUT2D eigenvalue weighted by molar-refractivity contribution is 6.23. The van der Waals surface area contributed by atoms with E-state index in [0.29, 0.717) is 0 Å². The molecule has 0 bridgehead atoms. The number of hydrogen-bond donors (Lipinski definition) is 0. The molecule has 0 aromatic heterocycles. The fourth-order valence-corrected chi connectivity index (χ4v) is 3.83. The summed E-state index contributed by atoms with van der Waals surface area (Å²) in [6, 6.07) is 15.4. The Morgan fingerprint density at radius 2 is 1.71 bits per heavy atom. The van der Waals surface area contributed by atoms with Crippen molar-refractivity contribution in [1.82, 2.24) is 0 Å². The molecule has 1 atom stereocenters. The van der Waals surface area contributed by atoms with Gasteiger partial charge in [0.25, 0.3) is 5.91 Å². The predicted octanol–water partition coefficient (Wildman–Crippen LogP) is 2.94. The van der Waals surface area contributed by atoms with E-state index in [1.54, 1.807) is 0 Å². The summed E-state index contributed by atoms with van der Waals surface area (Å²) in [5.74, 6) is -0.201. The van der Waals surface area contributed by atoms with Gasteiger partial charge in [0.05, 0.1) is 12.1 Å². The molecule has 2 heterocycles. The average molecular weight is 320 g/mol. The Labute approximate surface area is 141 Å². The molecular formula is C20H20N2O2. The van der Waals surface area contributed by atoms with Crippen molar-refractivity contribution in [1.29, 1.82) is 0 Å². The Morgan fingerprint density at radius 3 is 2.50 bits per heavy atom. The standard InChI is InChI=1S/C20H20N2O2/c1-2-14-7-3-6-10-17(14)22-19(23)13-18(20(22)24)21-12-11-15-8-4-5-9-16(15)21/h3-10,18H,2,11-13H2,1H3/t18-/m1/s1. The van der Waals surface area contributed by atoms with Crippen LogP contribution in [0.15, 0.2) is 48.5 Å². The lowest BCUT2D eigenvalue weighted by molar-refractivity contribution is -0.121. The monoisotopic (exact) mass is 320 g/mol. The molecule has 2 aliphatic heterocycles. The van der Waals surface area contributed by atoms with Crippen LogP contribution in [-0.4, -0.2) is 24.4 Å². The number of nitrogens with zero attached hydrogens (tertiary/aromatic N) is 2. The smallest absolute Gasteiger partial charge is 0.256 e. The second-order valence-corrected chi connectivity index (χ2v) is 6.34. The zero-order valence-corrected chi connectivity index (χ0v) is 13.7. The summed E-state index contributed by atoms with van der Waals surface area (Å²) in [6.07, 6.45) is 1.98. The van der Waals surface area contributed by atoms with Crippen molar-refractivity contribution in [3.05, 3.63) is 59.7 Å². The number of fused-ring (bicyclic) bond motifs is 1. The van der Waals surface area contributed by atoms with Crippen LogP contribution in [0.25, 0.3) is 0 Å². The number of amides is 2. The van der Waals surface area contributed by atoms with Gasteiger partial charge in [-0.25, -0.2) is 4.90 Å². The molecule has 2 amide bonds. The molecule has 0 radical (unpaired) electrons. The Bertz CT molecular complexity index is 815. The highest BCUT2D eigenvalue weighted by Gasteiger charge is 2.44. The summed E-state index contributed by atoms with van der Waals surface area (Å²) in [7, 11) is 0. The van der Waals surface area contributed by atoms with Gasteiger partial charge >= 0.3 is 0 Å². The minimum Gasteiger partial charge on any atom is -0.359 e. The largest absolute Gasteiger partial charge is 0.359 e. The quantitative estimate of drug-likeness (QED) is 0.817. The third kappa shape index (κ3) is 2.21. The maximum atomic E-state index is 13.0. The zero-order chi connectivity index (χ0) is 16.7. The molecule has 2 aliphatic rings. The van der Waals surface area contributed by atoms with Crippen LogP contribution in [0.1, 0.15) is 24.5 Å². The van der Waals surface area contributed by atoms with E-state index in [0.717, 1.165) is 36.3 Å². The summed E-state index contributed by atoms with van der Waals surface area (Å²) >= 11 is 0. The first-order valence-corrected chi connectivity index (χ1v) is 8.50. The van der Waals surface area contributed by atoms with Crippen molar-refractivity contribution in [3.8, 4) is 0 Å². The molecule has 0 spiro atoms. The van der Waals surface area contributed by atoms with Crippen LogP contribution in [0.5, 0.6) is 0 Å². The Kier molecular flexibility index (Phi) is 3.60. The van der Waals surface area contributed by atoms with Crippen molar-refractivity contribution < 1.29 is 9.59 Å². The summed E-state index contributed by atoms with van der Waals surface area (Å²) < 4.78 is 0. The van der Waals surface area contributed by atoms with Crippen molar-refractivity contribution in [3.63, 3.8) is 0 Å². The third-order valence-corrected chi connectivity index (χ3v) is 5.04. The number of para-hydroxylation sites is 2. The highest BCUT2D eigenvalue weighted by Crippen LogP contribution is 2.35. The van der Waals surface area contributed by atoms with Crippen molar-refractivity contribution >= 4 is 23.2 Å². The first-order chi connectivity index (χ1) is 11.7. The molecule has 4 heteroatoms. The van der Waals surface area contributed by atoms with Gasteiger partial charge < -0.3 is 4.90 Å². The van der Waals surface area contributed by atoms with E-state index in [-0.39, 0.29) is 24.3 Å². The number of aryl methyl sites for hydroxylation is 1. The molecule has 2 aromatic carbocycles. The van der Waals surface area contributed by atoms with Gasteiger partial charge in [0.1, 0.15) is 6.04 Å². The van der Waals surface area contributed by atoms with Crippen LogP contribution in [0.3, 0.4) is 0 Å². The van der Waals surface area contributed by atoms with Gasteiger partial charge in [-0.15, -0.1) is 0 Å². The van der Waals surface area contributed by atoms with E-state index >= 15 is 0 Å². The number of carbonyl (C=O) groups excluding carboxylic acids is 2. The second-order valence-electron chi connectivity index (χ2n) is 6.34. The minimum atomic E-state index is -0.383. The van der Waals surface area contributed by atoms with E-state index in [1.807, 2.05) is 49.4 Å². The molecular weight excluding hydrogens is 300 g/mol. The lowest BCUT2D eigenvalue weighted by atomic mass is 10.1.